The van der Waals surface area contributed by atoms with Crippen LogP contribution in [0.1, 0.15) is 56.7 Å². The summed E-state index contributed by atoms with van der Waals surface area (Å²) in [6, 6.07) is 17.0. The molecule has 2 aliphatic carbocycles. The normalized spacial score (nSPS) is 24.5. The van der Waals surface area contributed by atoms with Crippen LogP contribution in [0.3, 0.4) is 0 Å². The van der Waals surface area contributed by atoms with Gasteiger partial charge in [-0.3, -0.25) is 0 Å². The van der Waals surface area contributed by atoms with Gasteiger partial charge in [0.15, 0.2) is 0 Å². The second-order valence-corrected chi connectivity index (χ2v) is 11.8. The van der Waals surface area contributed by atoms with Crippen LogP contribution in [0, 0.1) is 23.1 Å². The molecule has 4 nitrogen and oxygen atoms in total. The van der Waals surface area contributed by atoms with Crippen molar-refractivity contribution in [2.24, 2.45) is 17.3 Å². The van der Waals surface area contributed by atoms with Gasteiger partial charge in [-0.05, 0) is 95.3 Å². The van der Waals surface area contributed by atoms with Crippen molar-refractivity contribution in [3.05, 3.63) is 83.2 Å². The molecular formula is C34H35FO4. The summed E-state index contributed by atoms with van der Waals surface area (Å²) in [5, 5.41) is 0. The van der Waals surface area contributed by atoms with Crippen LogP contribution in [0.5, 0.6) is 17.2 Å². The van der Waals surface area contributed by atoms with Crippen LogP contribution in [0.25, 0.3) is 16.7 Å². The van der Waals surface area contributed by atoms with Crippen LogP contribution in [0.15, 0.2) is 60.7 Å². The molecule has 6 rings (SSSR count). The Morgan fingerprint density at radius 2 is 1.82 bits per heavy atom. The van der Waals surface area contributed by atoms with Crippen molar-refractivity contribution >= 4 is 11.9 Å². The Labute approximate surface area is 229 Å². The van der Waals surface area contributed by atoms with Crippen molar-refractivity contribution in [3.8, 4) is 28.4 Å². The highest BCUT2D eigenvalue weighted by atomic mass is 19.1. The van der Waals surface area contributed by atoms with Crippen molar-refractivity contribution in [2.75, 3.05) is 13.7 Å². The number of allylic oxidation sites excluding steroid dienone is 2. The topological polar surface area (TPSA) is 44.8 Å². The molecule has 3 aromatic carbocycles. The molecule has 3 atom stereocenters. The largest absolute Gasteiger partial charge is 0.497 e. The van der Waals surface area contributed by atoms with Crippen LogP contribution in [-0.2, 0) is 16.8 Å². The molecule has 5 heteroatoms. The van der Waals surface area contributed by atoms with Crippen molar-refractivity contribution in [1.29, 1.82) is 0 Å². The van der Waals surface area contributed by atoms with Crippen LogP contribution < -0.4 is 14.2 Å². The second kappa shape index (κ2) is 9.55. The summed E-state index contributed by atoms with van der Waals surface area (Å²) < 4.78 is 32.7. The van der Waals surface area contributed by atoms with E-state index in [-0.39, 0.29) is 22.6 Å². The van der Waals surface area contributed by atoms with Gasteiger partial charge in [0.1, 0.15) is 36.0 Å². The van der Waals surface area contributed by atoms with Gasteiger partial charge in [0.25, 0.3) is 0 Å². The first-order valence-electron chi connectivity index (χ1n) is 13.8. The van der Waals surface area contributed by atoms with E-state index in [0.29, 0.717) is 30.4 Å². The maximum Gasteiger partial charge on any atom is 0.131 e. The highest BCUT2D eigenvalue weighted by Gasteiger charge is 2.64. The second-order valence-electron chi connectivity index (χ2n) is 11.8. The lowest BCUT2D eigenvalue weighted by Gasteiger charge is -2.27. The van der Waals surface area contributed by atoms with Crippen LogP contribution in [0.4, 0.5) is 4.39 Å². The van der Waals surface area contributed by atoms with E-state index in [1.54, 1.807) is 19.2 Å². The van der Waals surface area contributed by atoms with Gasteiger partial charge in [-0.2, -0.15) is 0 Å². The predicted octanol–water partition coefficient (Wildman–Crippen LogP) is 7.77. The van der Waals surface area contributed by atoms with E-state index < -0.39 is 0 Å². The molecule has 1 aliphatic heterocycles. The Morgan fingerprint density at radius 3 is 2.54 bits per heavy atom. The molecular weight excluding hydrogens is 491 g/mol. The molecule has 202 valence electrons. The quantitative estimate of drug-likeness (QED) is 0.295. The number of methoxy groups -OCH3 is 1. The Balaban J connectivity index is 1.33. The molecule has 0 saturated heterocycles. The Hall–Kier alpha value is -3.60. The minimum atomic E-state index is -0.273. The lowest BCUT2D eigenvalue weighted by Crippen LogP contribution is -2.23. The van der Waals surface area contributed by atoms with Crippen molar-refractivity contribution in [2.45, 2.75) is 52.1 Å². The first kappa shape index (κ1) is 25.7. The molecule has 1 fully saturated rings. The fraction of sp³-hybridized carbons (Fsp3) is 0.382. The Bertz CT molecular complexity index is 1470. The maximum absolute atomic E-state index is 15.1. The number of benzene rings is 3. The van der Waals surface area contributed by atoms with Crippen LogP contribution in [-0.4, -0.2) is 20.0 Å². The predicted molar refractivity (Wildman–Crippen MR) is 151 cm³/mol. The monoisotopic (exact) mass is 526 g/mol. The maximum atomic E-state index is 15.1. The third-order valence-electron chi connectivity index (χ3n) is 9.30. The number of halogens is 1. The minimum absolute atomic E-state index is 0.00748. The molecule has 2 unspecified atom stereocenters. The number of fused-ring (bicyclic) bond motifs is 2. The summed E-state index contributed by atoms with van der Waals surface area (Å²) in [7, 11) is 1.60. The highest BCUT2D eigenvalue weighted by molar-refractivity contribution is 5.85. The van der Waals surface area contributed by atoms with Gasteiger partial charge in [-0.1, -0.05) is 39.0 Å². The lowest BCUT2D eigenvalue weighted by atomic mass is 9.79. The smallest absolute Gasteiger partial charge is 0.131 e. The van der Waals surface area contributed by atoms with Gasteiger partial charge in [0, 0.05) is 22.5 Å². The van der Waals surface area contributed by atoms with E-state index in [1.807, 2.05) is 24.3 Å². The standard InChI is InChI=1S/C34H35FO4/c1-21-30(19-36)34(21)14-15-38-32-12-9-24(18-29(32)34)39-20-22-7-10-25(27-17-23(37-4)8-11-31(27)35)26(16-22)28-6-5-13-33(28,2)3/h6-12,16-19,21,30H,5,13-15,20H2,1-4H3/t21-,30?,34?/m0/s1. The summed E-state index contributed by atoms with van der Waals surface area (Å²) in [4.78, 5) is 11.7. The third-order valence-corrected chi connectivity index (χ3v) is 9.30. The number of hydrogen-bond donors (Lipinski definition) is 0. The first-order valence-corrected chi connectivity index (χ1v) is 13.8. The number of rotatable bonds is 7. The number of hydrogen-bond acceptors (Lipinski definition) is 4. The van der Waals surface area contributed by atoms with Gasteiger partial charge >= 0.3 is 0 Å². The zero-order valence-electron chi connectivity index (χ0n) is 23.1. The van der Waals surface area contributed by atoms with E-state index >= 15 is 4.39 Å². The highest BCUT2D eigenvalue weighted by Crippen LogP contribution is 2.64. The van der Waals surface area contributed by atoms with E-state index in [4.69, 9.17) is 14.2 Å². The van der Waals surface area contributed by atoms with Crippen LogP contribution in [0.2, 0.25) is 0 Å². The zero-order chi connectivity index (χ0) is 27.4. The average molecular weight is 527 g/mol. The summed E-state index contributed by atoms with van der Waals surface area (Å²) in [6.45, 7) is 7.65. The van der Waals surface area contributed by atoms with Gasteiger partial charge in [-0.25, -0.2) is 4.39 Å². The third kappa shape index (κ3) is 4.23. The van der Waals surface area contributed by atoms with Crippen molar-refractivity contribution in [1.82, 2.24) is 0 Å². The van der Waals surface area contributed by atoms with Gasteiger partial charge < -0.3 is 19.0 Å². The summed E-state index contributed by atoms with van der Waals surface area (Å²) in [5.74, 6) is 2.30. The Morgan fingerprint density at radius 1 is 1.00 bits per heavy atom. The van der Waals surface area contributed by atoms with E-state index in [0.717, 1.165) is 59.3 Å². The molecule has 0 aromatic heterocycles. The summed E-state index contributed by atoms with van der Waals surface area (Å²) in [6.07, 6.45) is 6.29. The van der Waals surface area contributed by atoms with E-state index in [2.05, 4.69) is 39.0 Å². The molecule has 39 heavy (non-hydrogen) atoms. The average Bonchev–Trinajstić information content (AvgIpc) is 3.31. The Kier molecular flexibility index (Phi) is 6.28. The van der Waals surface area contributed by atoms with Gasteiger partial charge in [0.2, 0.25) is 0 Å². The van der Waals surface area contributed by atoms with Crippen molar-refractivity contribution in [3.63, 3.8) is 0 Å². The molecule has 0 bridgehead atoms. The molecule has 3 aliphatic rings. The number of aldehydes is 1. The van der Waals surface area contributed by atoms with E-state index in [1.165, 1.54) is 11.6 Å². The fourth-order valence-corrected chi connectivity index (χ4v) is 6.88. The minimum Gasteiger partial charge on any atom is -0.497 e. The van der Waals surface area contributed by atoms with Crippen molar-refractivity contribution < 1.29 is 23.4 Å². The molecule has 0 amide bonds. The van der Waals surface area contributed by atoms with Gasteiger partial charge in [0.05, 0.1) is 13.7 Å². The fourth-order valence-electron chi connectivity index (χ4n) is 6.88. The molecule has 0 N–H and O–H groups in total. The van der Waals surface area contributed by atoms with Gasteiger partial charge in [-0.15, -0.1) is 0 Å². The van der Waals surface area contributed by atoms with E-state index in [9.17, 15) is 4.79 Å². The number of ether oxygens (including phenoxy) is 3. The summed E-state index contributed by atoms with van der Waals surface area (Å²) in [5.41, 5.74) is 5.60. The molecule has 3 aromatic rings. The molecule has 1 spiro atoms. The number of carbonyl (C=O) groups excluding carboxylic acids is 1. The molecule has 1 heterocycles. The molecule has 0 radical (unpaired) electrons. The van der Waals surface area contributed by atoms with Crippen LogP contribution >= 0.6 is 0 Å². The first-order chi connectivity index (χ1) is 18.8. The SMILES string of the molecule is COc1ccc(F)c(-c2ccc(COc3ccc4c(c3)C3(CCO4)C(C=O)[C@@H]3C)cc2C2=CCCC2(C)C)c1. The molecule has 1 saturated carbocycles. The zero-order valence-corrected chi connectivity index (χ0v) is 23.1. The number of carbonyl (C=O) groups is 1. The lowest BCUT2D eigenvalue weighted by molar-refractivity contribution is -0.109. The summed E-state index contributed by atoms with van der Waals surface area (Å²) >= 11 is 0.